The molecule has 18 heavy (non-hydrogen) atoms. The van der Waals surface area contributed by atoms with Gasteiger partial charge in [0.15, 0.2) is 0 Å². The molecule has 1 atom stereocenters. The molecule has 5 heteroatoms. The third-order valence-corrected chi connectivity index (χ3v) is 3.77. The van der Waals surface area contributed by atoms with E-state index in [0.717, 1.165) is 6.54 Å². The van der Waals surface area contributed by atoms with Gasteiger partial charge in [-0.05, 0) is 40.3 Å². The zero-order valence-corrected chi connectivity index (χ0v) is 11.7. The monoisotopic (exact) mass is 258 g/mol. The molecule has 0 aromatic heterocycles. The van der Waals surface area contributed by atoms with Crippen LogP contribution in [0.25, 0.3) is 0 Å². The zero-order chi connectivity index (χ0) is 13.6. The Bertz CT molecular complexity index is 265. The van der Waals surface area contributed by atoms with Crippen LogP contribution in [-0.4, -0.2) is 61.4 Å². The molecule has 1 rings (SSSR count). The molecule has 1 saturated carbocycles. The second-order valence-electron chi connectivity index (χ2n) is 5.27. The third kappa shape index (κ3) is 4.23. The van der Waals surface area contributed by atoms with Crippen molar-refractivity contribution < 1.29 is 14.6 Å². The summed E-state index contributed by atoms with van der Waals surface area (Å²) >= 11 is 0. The first kappa shape index (κ1) is 15.4. The molecule has 0 radical (unpaired) electrons. The number of hydrogen-bond acceptors (Lipinski definition) is 5. The molecule has 1 unspecified atom stereocenters. The van der Waals surface area contributed by atoms with Crippen LogP contribution in [0.1, 0.15) is 32.6 Å². The predicted octanol–water partition coefficient (Wildman–Crippen LogP) is 0.374. The van der Waals surface area contributed by atoms with Crippen molar-refractivity contribution in [2.24, 2.45) is 0 Å². The van der Waals surface area contributed by atoms with Crippen molar-refractivity contribution in [3.63, 3.8) is 0 Å². The van der Waals surface area contributed by atoms with Gasteiger partial charge in [0.05, 0.1) is 19.1 Å². The normalized spacial score (nSPS) is 19.4. The van der Waals surface area contributed by atoms with Crippen LogP contribution in [0, 0.1) is 0 Å². The first-order valence-corrected chi connectivity index (χ1v) is 6.72. The SMILES string of the molecule is CCOC(=O)CC(O)CNCC1(N(C)C)CCC1. The van der Waals surface area contributed by atoms with Gasteiger partial charge in [0.1, 0.15) is 0 Å². The number of aliphatic hydroxyl groups is 1. The highest BCUT2D eigenvalue weighted by Crippen LogP contribution is 2.35. The standard InChI is InChI=1S/C13H26N2O3/c1-4-18-12(17)8-11(16)9-14-10-13(15(2)3)6-5-7-13/h11,14,16H,4-10H2,1-3H3. The molecule has 1 aliphatic carbocycles. The van der Waals surface area contributed by atoms with E-state index in [1.165, 1.54) is 19.3 Å². The molecule has 0 saturated heterocycles. The quantitative estimate of drug-likeness (QED) is 0.616. The molecule has 0 aromatic carbocycles. The van der Waals surface area contributed by atoms with E-state index in [1.807, 2.05) is 0 Å². The number of hydrogen-bond donors (Lipinski definition) is 2. The highest BCUT2D eigenvalue weighted by molar-refractivity contribution is 5.69. The number of esters is 1. The van der Waals surface area contributed by atoms with Crippen molar-refractivity contribution in [2.45, 2.75) is 44.2 Å². The van der Waals surface area contributed by atoms with Gasteiger partial charge in [-0.25, -0.2) is 0 Å². The smallest absolute Gasteiger partial charge is 0.308 e. The van der Waals surface area contributed by atoms with Gasteiger partial charge in [-0.3, -0.25) is 4.79 Å². The van der Waals surface area contributed by atoms with E-state index in [4.69, 9.17) is 4.74 Å². The minimum Gasteiger partial charge on any atom is -0.466 e. The van der Waals surface area contributed by atoms with Gasteiger partial charge >= 0.3 is 5.97 Å². The zero-order valence-electron chi connectivity index (χ0n) is 11.7. The van der Waals surface area contributed by atoms with Crippen molar-refractivity contribution in [3.05, 3.63) is 0 Å². The van der Waals surface area contributed by atoms with Crippen LogP contribution in [0.4, 0.5) is 0 Å². The molecule has 0 bridgehead atoms. The lowest BCUT2D eigenvalue weighted by Crippen LogP contribution is -2.57. The van der Waals surface area contributed by atoms with Crippen LogP contribution in [0.2, 0.25) is 0 Å². The van der Waals surface area contributed by atoms with Crippen molar-refractivity contribution in [2.75, 3.05) is 33.8 Å². The minimum absolute atomic E-state index is 0.0653. The fourth-order valence-electron chi connectivity index (χ4n) is 2.32. The highest BCUT2D eigenvalue weighted by atomic mass is 16.5. The molecule has 5 nitrogen and oxygen atoms in total. The molecule has 0 spiro atoms. The number of likely N-dealkylation sites (N-methyl/N-ethyl adjacent to an activating group) is 1. The van der Waals surface area contributed by atoms with Crippen molar-refractivity contribution in [1.29, 1.82) is 0 Å². The van der Waals surface area contributed by atoms with Crippen molar-refractivity contribution >= 4 is 5.97 Å². The van der Waals surface area contributed by atoms with Crippen LogP contribution in [0.5, 0.6) is 0 Å². The largest absolute Gasteiger partial charge is 0.466 e. The topological polar surface area (TPSA) is 61.8 Å². The summed E-state index contributed by atoms with van der Waals surface area (Å²) in [6.07, 6.45) is 3.06. The predicted molar refractivity (Wildman–Crippen MR) is 70.4 cm³/mol. The van der Waals surface area contributed by atoms with Gasteiger partial charge in [-0.15, -0.1) is 0 Å². The molecule has 1 aliphatic rings. The van der Waals surface area contributed by atoms with Gasteiger partial charge in [0.2, 0.25) is 0 Å². The number of nitrogens with zero attached hydrogens (tertiary/aromatic N) is 1. The first-order valence-electron chi connectivity index (χ1n) is 6.72. The van der Waals surface area contributed by atoms with E-state index in [1.54, 1.807) is 6.92 Å². The van der Waals surface area contributed by atoms with Gasteiger partial charge in [0, 0.05) is 18.6 Å². The van der Waals surface area contributed by atoms with Crippen LogP contribution < -0.4 is 5.32 Å². The Morgan fingerprint density at radius 1 is 1.50 bits per heavy atom. The molecule has 2 N–H and O–H groups in total. The second-order valence-corrected chi connectivity index (χ2v) is 5.27. The number of carbonyl (C=O) groups excluding carboxylic acids is 1. The van der Waals surface area contributed by atoms with E-state index >= 15 is 0 Å². The summed E-state index contributed by atoms with van der Waals surface area (Å²) in [4.78, 5) is 13.4. The Kier molecular flexibility index (Phi) is 6.05. The van der Waals surface area contributed by atoms with E-state index in [2.05, 4.69) is 24.3 Å². The van der Waals surface area contributed by atoms with Crippen LogP contribution >= 0.6 is 0 Å². The maximum absolute atomic E-state index is 11.2. The average Bonchev–Trinajstić information content (AvgIpc) is 2.21. The summed E-state index contributed by atoms with van der Waals surface area (Å²) in [6.45, 7) is 3.43. The Labute approximate surface area is 109 Å². The minimum atomic E-state index is -0.664. The van der Waals surface area contributed by atoms with Crippen LogP contribution in [-0.2, 0) is 9.53 Å². The molecular formula is C13H26N2O3. The summed E-state index contributed by atoms with van der Waals surface area (Å²) in [5.41, 5.74) is 0.240. The number of aliphatic hydroxyl groups excluding tert-OH is 1. The molecule has 0 amide bonds. The highest BCUT2D eigenvalue weighted by Gasteiger charge is 2.38. The Balaban J connectivity index is 2.18. The lowest BCUT2D eigenvalue weighted by Gasteiger charge is -2.47. The van der Waals surface area contributed by atoms with Gasteiger partial charge in [0.25, 0.3) is 0 Å². The molecule has 0 heterocycles. The lowest BCUT2D eigenvalue weighted by molar-refractivity contribution is -0.145. The van der Waals surface area contributed by atoms with E-state index in [9.17, 15) is 9.90 Å². The van der Waals surface area contributed by atoms with Crippen LogP contribution in [0.3, 0.4) is 0 Å². The van der Waals surface area contributed by atoms with Crippen molar-refractivity contribution in [3.8, 4) is 0 Å². The number of nitrogens with one attached hydrogen (secondary N) is 1. The molecule has 1 fully saturated rings. The first-order chi connectivity index (χ1) is 8.50. The summed E-state index contributed by atoms with van der Waals surface area (Å²) in [6, 6.07) is 0. The van der Waals surface area contributed by atoms with E-state index in [0.29, 0.717) is 13.2 Å². The molecular weight excluding hydrogens is 232 g/mol. The van der Waals surface area contributed by atoms with Gasteiger partial charge < -0.3 is 20.1 Å². The Hall–Kier alpha value is -0.650. The average molecular weight is 258 g/mol. The summed E-state index contributed by atoms with van der Waals surface area (Å²) in [5.74, 6) is -0.335. The van der Waals surface area contributed by atoms with E-state index in [-0.39, 0.29) is 17.9 Å². The number of rotatable bonds is 8. The summed E-state index contributed by atoms with van der Waals surface area (Å²) in [7, 11) is 4.19. The van der Waals surface area contributed by atoms with E-state index < -0.39 is 6.10 Å². The Morgan fingerprint density at radius 3 is 2.61 bits per heavy atom. The second kappa shape index (κ2) is 7.07. The molecule has 0 aliphatic heterocycles. The van der Waals surface area contributed by atoms with Gasteiger partial charge in [-0.2, -0.15) is 0 Å². The number of carbonyl (C=O) groups is 1. The van der Waals surface area contributed by atoms with Crippen LogP contribution in [0.15, 0.2) is 0 Å². The summed E-state index contributed by atoms with van der Waals surface area (Å²) in [5, 5.41) is 13.0. The fourth-order valence-corrected chi connectivity index (χ4v) is 2.32. The summed E-state index contributed by atoms with van der Waals surface area (Å²) < 4.78 is 4.80. The fraction of sp³-hybridized carbons (Fsp3) is 0.923. The lowest BCUT2D eigenvalue weighted by atomic mass is 9.75. The Morgan fingerprint density at radius 2 is 2.17 bits per heavy atom. The number of ether oxygens (including phenoxy) is 1. The maximum atomic E-state index is 11.2. The third-order valence-electron chi connectivity index (χ3n) is 3.77. The van der Waals surface area contributed by atoms with Crippen molar-refractivity contribution in [1.82, 2.24) is 10.2 Å². The maximum Gasteiger partial charge on any atom is 0.308 e. The molecule has 106 valence electrons. The van der Waals surface area contributed by atoms with Gasteiger partial charge in [-0.1, -0.05) is 0 Å². The molecule has 0 aromatic rings.